The summed E-state index contributed by atoms with van der Waals surface area (Å²) in [6.45, 7) is 3.80. The van der Waals surface area contributed by atoms with Gasteiger partial charge in [0.1, 0.15) is 0 Å². The fourth-order valence-electron chi connectivity index (χ4n) is 3.12. The highest BCUT2D eigenvalue weighted by atomic mass is 32.2. The Labute approximate surface area is 155 Å². The fourth-order valence-corrected chi connectivity index (χ4v) is 4.61. The van der Waals surface area contributed by atoms with Crippen LogP contribution in [0.2, 0.25) is 0 Å². The second-order valence-electron chi connectivity index (χ2n) is 6.61. The van der Waals surface area contributed by atoms with Crippen molar-refractivity contribution in [3.63, 3.8) is 0 Å². The molecule has 0 aliphatic carbocycles. The van der Waals surface area contributed by atoms with E-state index in [1.165, 1.54) is 4.31 Å². The number of benzene rings is 2. The van der Waals surface area contributed by atoms with Gasteiger partial charge in [0.05, 0.1) is 11.3 Å². The molecular formula is C20H24N2O3S. The molecule has 26 heavy (non-hydrogen) atoms. The predicted octanol–water partition coefficient (Wildman–Crippen LogP) is 2.46. The monoisotopic (exact) mass is 372 g/mol. The molecule has 0 bridgehead atoms. The van der Waals surface area contributed by atoms with Gasteiger partial charge in [-0.05, 0) is 31.0 Å². The third-order valence-electron chi connectivity index (χ3n) is 4.66. The number of rotatable bonds is 4. The lowest BCUT2D eigenvalue weighted by atomic mass is 10.1. The lowest BCUT2D eigenvalue weighted by Gasteiger charge is -2.22. The van der Waals surface area contributed by atoms with Crippen molar-refractivity contribution in [2.75, 3.05) is 26.2 Å². The predicted molar refractivity (Wildman–Crippen MR) is 101 cm³/mol. The van der Waals surface area contributed by atoms with E-state index in [0.717, 1.165) is 11.1 Å². The van der Waals surface area contributed by atoms with E-state index in [9.17, 15) is 13.2 Å². The number of carbonyl (C=O) groups excluding carboxylic acids is 1. The molecular weight excluding hydrogens is 348 g/mol. The minimum atomic E-state index is -3.50. The first-order valence-electron chi connectivity index (χ1n) is 8.85. The van der Waals surface area contributed by atoms with Crippen LogP contribution in [0.5, 0.6) is 0 Å². The van der Waals surface area contributed by atoms with Crippen molar-refractivity contribution in [2.45, 2.75) is 24.7 Å². The van der Waals surface area contributed by atoms with Crippen LogP contribution in [0.25, 0.3) is 0 Å². The van der Waals surface area contributed by atoms with Crippen LogP contribution >= 0.6 is 0 Å². The zero-order chi connectivity index (χ0) is 18.6. The van der Waals surface area contributed by atoms with Crippen molar-refractivity contribution in [3.05, 3.63) is 65.7 Å². The molecule has 1 amide bonds. The summed E-state index contributed by atoms with van der Waals surface area (Å²) in [5, 5.41) is 0. The van der Waals surface area contributed by atoms with Crippen LogP contribution in [0.1, 0.15) is 17.5 Å². The molecule has 1 fully saturated rings. The molecule has 138 valence electrons. The molecule has 0 radical (unpaired) electrons. The molecule has 0 spiro atoms. The van der Waals surface area contributed by atoms with E-state index in [0.29, 0.717) is 43.9 Å². The molecule has 0 N–H and O–H groups in total. The van der Waals surface area contributed by atoms with Gasteiger partial charge in [0.2, 0.25) is 15.9 Å². The molecule has 0 aromatic heterocycles. The Bertz CT molecular complexity index is 848. The van der Waals surface area contributed by atoms with E-state index in [1.54, 1.807) is 35.2 Å². The molecule has 3 rings (SSSR count). The maximum Gasteiger partial charge on any atom is 0.243 e. The standard InChI is InChI=1S/C20H24N2O3S/c1-17-8-10-18(11-9-17)16-20(23)21-12-5-13-22(15-14-21)26(24,25)19-6-3-2-4-7-19/h2-4,6-11H,5,12-16H2,1H3. The Hall–Kier alpha value is -2.18. The van der Waals surface area contributed by atoms with E-state index in [4.69, 9.17) is 0 Å². The zero-order valence-electron chi connectivity index (χ0n) is 15.0. The molecule has 0 saturated carbocycles. The van der Waals surface area contributed by atoms with Crippen LogP contribution in [0.3, 0.4) is 0 Å². The Morgan fingerprint density at radius 2 is 1.62 bits per heavy atom. The van der Waals surface area contributed by atoms with E-state index in [2.05, 4.69) is 0 Å². The lowest BCUT2D eigenvalue weighted by Crippen LogP contribution is -2.37. The number of hydrogen-bond donors (Lipinski definition) is 0. The summed E-state index contributed by atoms with van der Waals surface area (Å²) in [6, 6.07) is 16.4. The summed E-state index contributed by atoms with van der Waals surface area (Å²) in [6.07, 6.45) is 0.997. The second kappa shape index (κ2) is 8.01. The number of aryl methyl sites for hydroxylation is 1. The maximum atomic E-state index is 12.8. The average molecular weight is 372 g/mol. The van der Waals surface area contributed by atoms with Crippen molar-refractivity contribution >= 4 is 15.9 Å². The third kappa shape index (κ3) is 4.31. The van der Waals surface area contributed by atoms with E-state index in [-0.39, 0.29) is 5.91 Å². The van der Waals surface area contributed by atoms with Gasteiger partial charge >= 0.3 is 0 Å². The van der Waals surface area contributed by atoms with Crippen LogP contribution in [0, 0.1) is 6.92 Å². The third-order valence-corrected chi connectivity index (χ3v) is 6.58. The first kappa shape index (κ1) is 18.6. The highest BCUT2D eigenvalue weighted by Gasteiger charge is 2.28. The van der Waals surface area contributed by atoms with Gasteiger partial charge in [-0.2, -0.15) is 4.31 Å². The summed E-state index contributed by atoms with van der Waals surface area (Å²) >= 11 is 0. The summed E-state index contributed by atoms with van der Waals surface area (Å²) in [5.41, 5.74) is 2.15. The average Bonchev–Trinajstić information content (AvgIpc) is 2.91. The lowest BCUT2D eigenvalue weighted by molar-refractivity contribution is -0.130. The summed E-state index contributed by atoms with van der Waals surface area (Å²) in [5.74, 6) is 0.0489. The zero-order valence-corrected chi connectivity index (χ0v) is 15.8. The van der Waals surface area contributed by atoms with Crippen molar-refractivity contribution in [1.82, 2.24) is 9.21 Å². The summed E-state index contributed by atoms with van der Waals surface area (Å²) < 4.78 is 27.0. The molecule has 5 nitrogen and oxygen atoms in total. The first-order valence-corrected chi connectivity index (χ1v) is 10.3. The van der Waals surface area contributed by atoms with E-state index in [1.807, 2.05) is 31.2 Å². The molecule has 1 aliphatic heterocycles. The largest absolute Gasteiger partial charge is 0.341 e. The second-order valence-corrected chi connectivity index (χ2v) is 8.55. The first-order chi connectivity index (χ1) is 12.5. The van der Waals surface area contributed by atoms with Crippen LogP contribution in [0.4, 0.5) is 0 Å². The fraction of sp³-hybridized carbons (Fsp3) is 0.350. The molecule has 2 aromatic carbocycles. The minimum Gasteiger partial charge on any atom is -0.341 e. The van der Waals surface area contributed by atoms with Crippen molar-refractivity contribution in [3.8, 4) is 0 Å². The number of sulfonamides is 1. The summed E-state index contributed by atoms with van der Waals surface area (Å²) in [4.78, 5) is 14.7. The number of hydrogen-bond acceptors (Lipinski definition) is 3. The van der Waals surface area contributed by atoms with Crippen molar-refractivity contribution in [1.29, 1.82) is 0 Å². The topological polar surface area (TPSA) is 57.7 Å². The van der Waals surface area contributed by atoms with Crippen LogP contribution in [-0.4, -0.2) is 49.7 Å². The van der Waals surface area contributed by atoms with Crippen LogP contribution in [0.15, 0.2) is 59.5 Å². The minimum absolute atomic E-state index is 0.0489. The molecule has 2 aromatic rings. The maximum absolute atomic E-state index is 12.8. The van der Waals surface area contributed by atoms with E-state index >= 15 is 0 Å². The van der Waals surface area contributed by atoms with Gasteiger partial charge < -0.3 is 4.90 Å². The number of amides is 1. The Morgan fingerprint density at radius 3 is 2.31 bits per heavy atom. The number of nitrogens with zero attached hydrogens (tertiary/aromatic N) is 2. The van der Waals surface area contributed by atoms with Gasteiger partial charge in [0.25, 0.3) is 0 Å². The molecule has 0 unspecified atom stereocenters. The van der Waals surface area contributed by atoms with E-state index < -0.39 is 10.0 Å². The molecule has 6 heteroatoms. The Kier molecular flexibility index (Phi) is 5.74. The number of carbonyl (C=O) groups is 1. The van der Waals surface area contributed by atoms with Gasteiger partial charge in [-0.15, -0.1) is 0 Å². The highest BCUT2D eigenvalue weighted by Crippen LogP contribution is 2.18. The van der Waals surface area contributed by atoms with Crippen LogP contribution in [-0.2, 0) is 21.2 Å². The molecule has 1 aliphatic rings. The smallest absolute Gasteiger partial charge is 0.243 e. The quantitative estimate of drug-likeness (QED) is 0.828. The SMILES string of the molecule is Cc1ccc(CC(=O)N2CCCN(S(=O)(=O)c3ccccc3)CC2)cc1. The summed E-state index contributed by atoms with van der Waals surface area (Å²) in [7, 11) is -3.50. The Morgan fingerprint density at radius 1 is 0.923 bits per heavy atom. The highest BCUT2D eigenvalue weighted by molar-refractivity contribution is 7.89. The Balaban J connectivity index is 1.64. The van der Waals surface area contributed by atoms with Gasteiger partial charge in [-0.1, -0.05) is 48.0 Å². The van der Waals surface area contributed by atoms with Gasteiger partial charge in [0, 0.05) is 26.2 Å². The molecule has 0 atom stereocenters. The normalized spacial score (nSPS) is 16.3. The molecule has 1 saturated heterocycles. The van der Waals surface area contributed by atoms with Gasteiger partial charge in [-0.25, -0.2) is 8.42 Å². The van der Waals surface area contributed by atoms with Gasteiger partial charge in [-0.3, -0.25) is 4.79 Å². The molecule has 1 heterocycles. The van der Waals surface area contributed by atoms with Crippen molar-refractivity contribution < 1.29 is 13.2 Å². The van der Waals surface area contributed by atoms with Crippen molar-refractivity contribution in [2.24, 2.45) is 0 Å². The van der Waals surface area contributed by atoms with Crippen LogP contribution < -0.4 is 0 Å². The van der Waals surface area contributed by atoms with Gasteiger partial charge in [0.15, 0.2) is 0 Å².